The molecular formula is C13H17BrN2O4. The zero-order valence-electron chi connectivity index (χ0n) is 11.4. The molecular weight excluding hydrogens is 328 g/mol. The molecule has 0 radical (unpaired) electrons. The number of amides is 2. The molecule has 0 aromatic heterocycles. The number of carboxylic acids is 1. The number of urea groups is 1. The van der Waals surface area contributed by atoms with Gasteiger partial charge in [0.05, 0.1) is 11.3 Å². The monoisotopic (exact) mass is 344 g/mol. The molecule has 7 heteroatoms. The summed E-state index contributed by atoms with van der Waals surface area (Å²) in [6.07, 6.45) is 0.715. The molecule has 110 valence electrons. The van der Waals surface area contributed by atoms with Crippen molar-refractivity contribution >= 4 is 33.6 Å². The highest BCUT2D eigenvalue weighted by Gasteiger charge is 2.15. The fourth-order valence-corrected chi connectivity index (χ4v) is 1.92. The molecule has 2 N–H and O–H groups in total. The van der Waals surface area contributed by atoms with Crippen molar-refractivity contribution < 1.29 is 19.4 Å². The number of halogens is 1. The van der Waals surface area contributed by atoms with Crippen LogP contribution in [0.5, 0.6) is 0 Å². The summed E-state index contributed by atoms with van der Waals surface area (Å²) in [5.41, 5.74) is 0.308. The van der Waals surface area contributed by atoms with Gasteiger partial charge in [-0.15, -0.1) is 0 Å². The fraction of sp³-hybridized carbons (Fsp3) is 0.385. The van der Waals surface area contributed by atoms with Crippen molar-refractivity contribution in [1.82, 2.24) is 4.90 Å². The fourth-order valence-electron chi connectivity index (χ4n) is 1.56. The van der Waals surface area contributed by atoms with Crippen molar-refractivity contribution in [3.63, 3.8) is 0 Å². The van der Waals surface area contributed by atoms with Crippen molar-refractivity contribution in [3.05, 3.63) is 28.2 Å². The lowest BCUT2D eigenvalue weighted by Gasteiger charge is -2.18. The van der Waals surface area contributed by atoms with Gasteiger partial charge in [0.1, 0.15) is 0 Å². The van der Waals surface area contributed by atoms with Gasteiger partial charge in [-0.2, -0.15) is 0 Å². The minimum Gasteiger partial charge on any atom is -0.478 e. The maximum atomic E-state index is 11.9. The van der Waals surface area contributed by atoms with E-state index < -0.39 is 5.97 Å². The Morgan fingerprint density at radius 2 is 2.15 bits per heavy atom. The first kappa shape index (κ1) is 16.5. The van der Waals surface area contributed by atoms with E-state index in [0.29, 0.717) is 24.0 Å². The van der Waals surface area contributed by atoms with Crippen molar-refractivity contribution in [3.8, 4) is 0 Å². The van der Waals surface area contributed by atoms with Crippen molar-refractivity contribution in [2.45, 2.75) is 6.42 Å². The normalized spacial score (nSPS) is 10.2. The Morgan fingerprint density at radius 3 is 2.75 bits per heavy atom. The number of carbonyl (C=O) groups excluding carboxylic acids is 1. The molecule has 0 heterocycles. The quantitative estimate of drug-likeness (QED) is 0.777. The number of benzene rings is 1. The predicted molar refractivity (Wildman–Crippen MR) is 79.2 cm³/mol. The molecule has 0 saturated carbocycles. The first-order chi connectivity index (χ1) is 9.45. The Kier molecular flexibility index (Phi) is 6.47. The summed E-state index contributed by atoms with van der Waals surface area (Å²) in [6, 6.07) is 4.32. The van der Waals surface area contributed by atoms with Gasteiger partial charge < -0.3 is 20.1 Å². The van der Waals surface area contributed by atoms with Crippen LogP contribution in [0, 0.1) is 0 Å². The van der Waals surface area contributed by atoms with Gasteiger partial charge >= 0.3 is 12.0 Å². The number of ether oxygens (including phenoxy) is 1. The molecule has 0 atom stereocenters. The van der Waals surface area contributed by atoms with Crippen molar-refractivity contribution in [2.24, 2.45) is 0 Å². The van der Waals surface area contributed by atoms with Gasteiger partial charge in [-0.05, 0) is 24.6 Å². The second-order valence-corrected chi connectivity index (χ2v) is 5.11. The van der Waals surface area contributed by atoms with Gasteiger partial charge in [0.25, 0.3) is 0 Å². The molecule has 0 spiro atoms. The van der Waals surface area contributed by atoms with Gasteiger partial charge in [-0.1, -0.05) is 15.9 Å². The van der Waals surface area contributed by atoms with Gasteiger partial charge in [0.2, 0.25) is 0 Å². The predicted octanol–water partition coefficient (Wildman–Crippen LogP) is 2.65. The highest BCUT2D eigenvalue weighted by atomic mass is 79.9. The van der Waals surface area contributed by atoms with E-state index >= 15 is 0 Å². The molecule has 0 aliphatic rings. The number of hydrogen-bond donors (Lipinski definition) is 2. The van der Waals surface area contributed by atoms with Crippen LogP contribution in [0.2, 0.25) is 0 Å². The Hall–Kier alpha value is -1.60. The number of carbonyl (C=O) groups is 2. The molecule has 2 amide bonds. The lowest BCUT2D eigenvalue weighted by molar-refractivity contribution is 0.0698. The largest absolute Gasteiger partial charge is 0.478 e. The molecule has 1 aromatic carbocycles. The first-order valence-corrected chi connectivity index (χ1v) is 6.79. The first-order valence-electron chi connectivity index (χ1n) is 5.99. The second-order valence-electron chi connectivity index (χ2n) is 4.19. The summed E-state index contributed by atoms with van der Waals surface area (Å²) in [5, 5.41) is 11.7. The Balaban J connectivity index is 2.72. The molecule has 6 nitrogen and oxygen atoms in total. The molecule has 1 aromatic rings. The van der Waals surface area contributed by atoms with E-state index in [2.05, 4.69) is 21.2 Å². The summed E-state index contributed by atoms with van der Waals surface area (Å²) in [5.74, 6) is -1.09. The number of nitrogens with zero attached hydrogens (tertiary/aromatic N) is 1. The van der Waals surface area contributed by atoms with E-state index in [1.165, 1.54) is 11.0 Å². The van der Waals surface area contributed by atoms with Crippen LogP contribution in [-0.4, -0.2) is 49.3 Å². The van der Waals surface area contributed by atoms with Crippen LogP contribution >= 0.6 is 15.9 Å². The minimum absolute atomic E-state index is 0.0398. The van der Waals surface area contributed by atoms with Gasteiger partial charge in [-0.25, -0.2) is 9.59 Å². The Bertz CT molecular complexity index is 493. The average molecular weight is 345 g/mol. The lowest BCUT2D eigenvalue weighted by Crippen LogP contribution is -2.33. The number of methoxy groups -OCH3 is 1. The molecule has 0 aliphatic heterocycles. The van der Waals surface area contributed by atoms with E-state index in [9.17, 15) is 9.59 Å². The molecule has 20 heavy (non-hydrogen) atoms. The van der Waals surface area contributed by atoms with E-state index in [4.69, 9.17) is 9.84 Å². The molecule has 0 aliphatic carbocycles. The third-order valence-electron chi connectivity index (χ3n) is 2.64. The Morgan fingerprint density at radius 1 is 1.45 bits per heavy atom. The average Bonchev–Trinajstić information content (AvgIpc) is 2.40. The van der Waals surface area contributed by atoms with E-state index in [1.54, 1.807) is 26.3 Å². The lowest BCUT2D eigenvalue weighted by atomic mass is 10.2. The smallest absolute Gasteiger partial charge is 0.337 e. The van der Waals surface area contributed by atoms with Gasteiger partial charge in [0.15, 0.2) is 0 Å². The summed E-state index contributed by atoms with van der Waals surface area (Å²) >= 11 is 3.20. The van der Waals surface area contributed by atoms with Crippen molar-refractivity contribution in [1.29, 1.82) is 0 Å². The Labute approximate surface area is 125 Å². The summed E-state index contributed by atoms with van der Waals surface area (Å²) in [7, 11) is 3.24. The van der Waals surface area contributed by atoms with E-state index in [-0.39, 0.29) is 17.3 Å². The highest BCUT2D eigenvalue weighted by Crippen LogP contribution is 2.21. The van der Waals surface area contributed by atoms with Crippen LogP contribution in [0.3, 0.4) is 0 Å². The summed E-state index contributed by atoms with van der Waals surface area (Å²) in [6.45, 7) is 1.09. The highest BCUT2D eigenvalue weighted by molar-refractivity contribution is 9.10. The van der Waals surface area contributed by atoms with Gasteiger partial charge in [0, 0.05) is 31.8 Å². The zero-order valence-corrected chi connectivity index (χ0v) is 12.9. The standard InChI is InChI=1S/C13H17BrN2O4/c1-16(6-3-7-20-2)13(19)15-11-5-4-9(14)8-10(11)12(17)18/h4-5,8H,3,6-7H2,1-2H3,(H,15,19)(H,17,18). The SMILES string of the molecule is COCCCN(C)C(=O)Nc1ccc(Br)cc1C(=O)O. The number of nitrogens with one attached hydrogen (secondary N) is 1. The maximum absolute atomic E-state index is 11.9. The molecule has 0 fully saturated rings. The van der Waals surface area contributed by atoms with Crippen LogP contribution in [0.1, 0.15) is 16.8 Å². The third kappa shape index (κ3) is 4.82. The number of anilines is 1. The topological polar surface area (TPSA) is 78.9 Å². The number of aromatic carboxylic acids is 1. The second kappa shape index (κ2) is 7.86. The summed E-state index contributed by atoms with van der Waals surface area (Å²) in [4.78, 5) is 24.5. The molecule has 0 unspecified atom stereocenters. The van der Waals surface area contributed by atoms with Gasteiger partial charge in [-0.3, -0.25) is 0 Å². The minimum atomic E-state index is -1.09. The molecule has 1 rings (SSSR count). The van der Waals surface area contributed by atoms with Crippen LogP contribution in [0.25, 0.3) is 0 Å². The van der Waals surface area contributed by atoms with E-state index in [1.807, 2.05) is 0 Å². The van der Waals surface area contributed by atoms with Crippen LogP contribution in [0.15, 0.2) is 22.7 Å². The summed E-state index contributed by atoms with van der Waals surface area (Å²) < 4.78 is 5.55. The molecule has 0 saturated heterocycles. The van der Waals surface area contributed by atoms with Crippen LogP contribution < -0.4 is 5.32 Å². The number of rotatable bonds is 6. The number of hydrogen-bond acceptors (Lipinski definition) is 3. The van der Waals surface area contributed by atoms with Crippen molar-refractivity contribution in [2.75, 3.05) is 32.6 Å². The zero-order chi connectivity index (χ0) is 15.1. The van der Waals surface area contributed by atoms with Crippen LogP contribution in [0.4, 0.5) is 10.5 Å². The number of carboxylic acid groups (broad SMARTS) is 1. The molecule has 0 bridgehead atoms. The third-order valence-corrected chi connectivity index (χ3v) is 3.14. The maximum Gasteiger partial charge on any atom is 0.337 e. The van der Waals surface area contributed by atoms with E-state index in [0.717, 1.165) is 0 Å². The van der Waals surface area contributed by atoms with Crippen LogP contribution in [-0.2, 0) is 4.74 Å².